The molecule has 6 nitrogen and oxygen atoms in total. The van der Waals surface area contributed by atoms with Gasteiger partial charge in [-0.2, -0.15) is 9.97 Å². The highest BCUT2D eigenvalue weighted by Crippen LogP contribution is 2.53. The third-order valence-electron chi connectivity index (χ3n) is 8.44. The summed E-state index contributed by atoms with van der Waals surface area (Å²) in [7, 11) is 0. The fraction of sp³-hybridized carbons (Fsp3) is 0. The van der Waals surface area contributed by atoms with Gasteiger partial charge in [-0.1, -0.05) is 115 Å². The van der Waals surface area contributed by atoms with Crippen LogP contribution in [0.2, 0.25) is 0 Å². The Labute approximate surface area is 266 Å². The molecule has 1 aliphatic rings. The Morgan fingerprint density at radius 2 is 1.00 bits per heavy atom. The summed E-state index contributed by atoms with van der Waals surface area (Å²) in [5.41, 5.74) is 11.0. The van der Waals surface area contributed by atoms with Crippen molar-refractivity contribution in [3.8, 4) is 51.1 Å². The predicted octanol–water partition coefficient (Wildman–Crippen LogP) is 9.66. The van der Waals surface area contributed by atoms with Crippen LogP contribution in [0, 0.1) is 0 Å². The predicted molar refractivity (Wildman–Crippen MR) is 184 cm³/mol. The minimum absolute atomic E-state index is 0.535. The monoisotopic (exact) mass is 590 g/mol. The first-order valence-corrected chi connectivity index (χ1v) is 15.3. The van der Waals surface area contributed by atoms with Crippen LogP contribution in [-0.2, 0) is 0 Å². The Hall–Kier alpha value is -6.40. The summed E-state index contributed by atoms with van der Waals surface area (Å²) in [4.78, 5) is 22.6. The van der Waals surface area contributed by atoms with E-state index in [-0.39, 0.29) is 0 Å². The minimum atomic E-state index is 0.535. The maximum atomic E-state index is 5.17. The standard InChI is InChI=1S/C40H26N6/c1-4-15-27(16-5-1)38-42-39(28-17-6-2-7-18-28)44-40(43-38)46-34-25-14-26-41-36(34)35-30-21-10-12-23-32(30)45(29-19-8-3-9-20-29)33-24-13-11-22-31(33)37(35)46/h1-26H. The van der Waals surface area contributed by atoms with Crippen molar-refractivity contribution < 1.29 is 0 Å². The molecule has 8 aromatic rings. The summed E-state index contributed by atoms with van der Waals surface area (Å²) in [5, 5.41) is 0. The molecular weight excluding hydrogens is 564 g/mol. The van der Waals surface area contributed by atoms with Crippen molar-refractivity contribution in [2.45, 2.75) is 0 Å². The fourth-order valence-electron chi connectivity index (χ4n) is 6.46. The van der Waals surface area contributed by atoms with E-state index in [0.717, 1.165) is 61.6 Å². The van der Waals surface area contributed by atoms with Crippen LogP contribution in [0.15, 0.2) is 158 Å². The minimum Gasteiger partial charge on any atom is -0.309 e. The Balaban J connectivity index is 1.42. The molecule has 0 radical (unpaired) electrons. The van der Waals surface area contributed by atoms with Gasteiger partial charge in [0.2, 0.25) is 5.95 Å². The van der Waals surface area contributed by atoms with E-state index < -0.39 is 0 Å². The zero-order valence-electron chi connectivity index (χ0n) is 24.7. The van der Waals surface area contributed by atoms with Gasteiger partial charge in [0.05, 0.1) is 28.1 Å². The van der Waals surface area contributed by atoms with Gasteiger partial charge in [0.25, 0.3) is 0 Å². The third kappa shape index (κ3) is 4.12. The number of benzene rings is 5. The zero-order chi connectivity index (χ0) is 30.5. The molecule has 3 aromatic heterocycles. The summed E-state index contributed by atoms with van der Waals surface area (Å²) in [6, 6.07) is 51.9. The average Bonchev–Trinajstić information content (AvgIpc) is 3.42. The normalized spacial score (nSPS) is 11.9. The highest BCUT2D eigenvalue weighted by molar-refractivity contribution is 6.11. The van der Waals surface area contributed by atoms with Crippen LogP contribution in [-0.4, -0.2) is 24.5 Å². The van der Waals surface area contributed by atoms with Gasteiger partial charge < -0.3 is 4.90 Å². The Morgan fingerprint density at radius 3 is 1.65 bits per heavy atom. The van der Waals surface area contributed by atoms with E-state index in [1.54, 1.807) is 0 Å². The van der Waals surface area contributed by atoms with Crippen molar-refractivity contribution in [2.75, 3.05) is 4.90 Å². The average molecular weight is 591 g/mol. The van der Waals surface area contributed by atoms with Gasteiger partial charge in [-0.15, -0.1) is 0 Å². The SMILES string of the molecule is c1ccc(-c2nc(-c3ccccc3)nc(-n3c4c(c5ncccc53)-c3ccccc3N(c3ccccc3)c3ccccc3-4)n2)cc1. The van der Waals surface area contributed by atoms with E-state index in [9.17, 15) is 0 Å². The topological polar surface area (TPSA) is 59.7 Å². The number of nitrogens with zero attached hydrogens (tertiary/aromatic N) is 6. The van der Waals surface area contributed by atoms with Crippen LogP contribution in [0.5, 0.6) is 0 Å². The zero-order valence-corrected chi connectivity index (χ0v) is 24.7. The lowest BCUT2D eigenvalue weighted by molar-refractivity contribution is 0.938. The molecule has 4 heterocycles. The van der Waals surface area contributed by atoms with Gasteiger partial charge in [-0.05, 0) is 36.4 Å². The van der Waals surface area contributed by atoms with Crippen LogP contribution in [0.3, 0.4) is 0 Å². The molecule has 0 saturated carbocycles. The molecule has 0 aliphatic carbocycles. The Bertz CT molecular complexity index is 2310. The first kappa shape index (κ1) is 26.0. The second kappa shape index (κ2) is 10.6. The van der Waals surface area contributed by atoms with Crippen LogP contribution in [0.4, 0.5) is 17.1 Å². The molecule has 0 spiro atoms. The second-order valence-electron chi connectivity index (χ2n) is 11.2. The van der Waals surface area contributed by atoms with Gasteiger partial charge in [0.15, 0.2) is 11.6 Å². The molecule has 1 aliphatic heterocycles. The van der Waals surface area contributed by atoms with Gasteiger partial charge in [0, 0.05) is 39.7 Å². The maximum absolute atomic E-state index is 5.17. The number of para-hydroxylation sites is 3. The molecular formula is C40H26N6. The summed E-state index contributed by atoms with van der Waals surface area (Å²) < 4.78 is 2.17. The molecule has 0 saturated heterocycles. The van der Waals surface area contributed by atoms with Crippen molar-refractivity contribution in [3.05, 3.63) is 158 Å². The second-order valence-corrected chi connectivity index (χ2v) is 11.2. The number of anilines is 3. The molecule has 5 aromatic carbocycles. The molecule has 0 amide bonds. The Morgan fingerprint density at radius 1 is 0.457 bits per heavy atom. The number of rotatable bonds is 4. The first-order chi connectivity index (χ1) is 22.8. The quantitative estimate of drug-likeness (QED) is 0.204. The fourth-order valence-corrected chi connectivity index (χ4v) is 6.46. The van der Waals surface area contributed by atoms with Gasteiger partial charge in [-0.3, -0.25) is 9.55 Å². The summed E-state index contributed by atoms with van der Waals surface area (Å²) in [6.45, 7) is 0. The number of fused-ring (bicyclic) bond motifs is 7. The van der Waals surface area contributed by atoms with Gasteiger partial charge in [-0.25, -0.2) is 4.98 Å². The van der Waals surface area contributed by atoms with Crippen molar-refractivity contribution in [1.29, 1.82) is 0 Å². The number of pyridine rings is 1. The molecule has 9 rings (SSSR count). The Kier molecular flexibility index (Phi) is 6.03. The molecule has 0 atom stereocenters. The highest BCUT2D eigenvalue weighted by Gasteiger charge is 2.32. The van der Waals surface area contributed by atoms with Crippen LogP contribution < -0.4 is 4.90 Å². The first-order valence-electron chi connectivity index (χ1n) is 15.3. The van der Waals surface area contributed by atoms with Crippen molar-refractivity contribution >= 4 is 28.1 Å². The number of hydrogen-bond donors (Lipinski definition) is 0. The molecule has 216 valence electrons. The van der Waals surface area contributed by atoms with E-state index in [0.29, 0.717) is 17.6 Å². The van der Waals surface area contributed by atoms with Crippen molar-refractivity contribution in [3.63, 3.8) is 0 Å². The van der Waals surface area contributed by atoms with E-state index >= 15 is 0 Å². The van der Waals surface area contributed by atoms with Crippen LogP contribution in [0.25, 0.3) is 62.1 Å². The van der Waals surface area contributed by atoms with Crippen molar-refractivity contribution in [1.82, 2.24) is 24.5 Å². The van der Waals surface area contributed by atoms with Gasteiger partial charge >= 0.3 is 0 Å². The molecule has 0 bridgehead atoms. The maximum Gasteiger partial charge on any atom is 0.238 e. The number of hydrogen-bond acceptors (Lipinski definition) is 5. The van der Waals surface area contributed by atoms with Crippen LogP contribution >= 0.6 is 0 Å². The molecule has 0 fully saturated rings. The lowest BCUT2D eigenvalue weighted by Crippen LogP contribution is -2.11. The summed E-state index contributed by atoms with van der Waals surface area (Å²) in [5.74, 6) is 1.75. The van der Waals surface area contributed by atoms with Crippen molar-refractivity contribution in [2.24, 2.45) is 0 Å². The smallest absolute Gasteiger partial charge is 0.238 e. The molecule has 6 heteroatoms. The highest BCUT2D eigenvalue weighted by atomic mass is 15.2. The van der Waals surface area contributed by atoms with E-state index in [4.69, 9.17) is 19.9 Å². The largest absolute Gasteiger partial charge is 0.309 e. The van der Waals surface area contributed by atoms with Gasteiger partial charge in [0.1, 0.15) is 0 Å². The summed E-state index contributed by atoms with van der Waals surface area (Å²) >= 11 is 0. The van der Waals surface area contributed by atoms with E-state index in [1.165, 1.54) is 0 Å². The lowest BCUT2D eigenvalue weighted by atomic mass is 10.0. The summed E-state index contributed by atoms with van der Waals surface area (Å²) in [6.07, 6.45) is 1.86. The molecule has 0 unspecified atom stereocenters. The molecule has 46 heavy (non-hydrogen) atoms. The number of aromatic nitrogens is 5. The third-order valence-corrected chi connectivity index (χ3v) is 8.44. The van der Waals surface area contributed by atoms with E-state index in [2.05, 4.69) is 94.4 Å². The van der Waals surface area contributed by atoms with Crippen LogP contribution in [0.1, 0.15) is 0 Å². The lowest BCUT2D eigenvalue weighted by Gasteiger charge is -2.27. The molecule has 0 N–H and O–H groups in total. The van der Waals surface area contributed by atoms with E-state index in [1.807, 2.05) is 72.9 Å².